The van der Waals surface area contributed by atoms with Gasteiger partial charge in [0.1, 0.15) is 5.58 Å². The van der Waals surface area contributed by atoms with E-state index in [1.807, 2.05) is 12.1 Å². The molecule has 0 spiro atoms. The molecule has 10 aromatic rings. The zero-order valence-electron chi connectivity index (χ0n) is 29.6. The Hall–Kier alpha value is -7.16. The molecule has 254 valence electrons. The molecular formula is C52H35NO. The van der Waals surface area contributed by atoms with Crippen molar-refractivity contribution in [2.75, 3.05) is 4.90 Å². The van der Waals surface area contributed by atoms with Gasteiger partial charge in [-0.3, -0.25) is 0 Å². The summed E-state index contributed by atoms with van der Waals surface area (Å²) in [5.41, 5.74) is 14.3. The number of furan rings is 1. The summed E-state index contributed by atoms with van der Waals surface area (Å²) in [4.78, 5) is 2.34. The van der Waals surface area contributed by atoms with Crippen LogP contribution >= 0.6 is 0 Å². The van der Waals surface area contributed by atoms with E-state index in [9.17, 15) is 0 Å². The molecule has 2 nitrogen and oxygen atoms in total. The Morgan fingerprint density at radius 2 is 0.852 bits per heavy atom. The molecule has 0 aliphatic heterocycles. The fourth-order valence-electron chi connectivity index (χ4n) is 7.86. The van der Waals surface area contributed by atoms with E-state index in [-0.39, 0.29) is 0 Å². The molecule has 1 heterocycles. The third-order valence-electron chi connectivity index (χ3n) is 10.5. The van der Waals surface area contributed by atoms with Gasteiger partial charge in [0.05, 0.1) is 5.69 Å². The van der Waals surface area contributed by atoms with Crippen molar-refractivity contribution < 1.29 is 4.42 Å². The molecule has 0 aliphatic rings. The Balaban J connectivity index is 1.17. The van der Waals surface area contributed by atoms with Gasteiger partial charge in [0.15, 0.2) is 5.58 Å². The van der Waals surface area contributed by atoms with Crippen molar-refractivity contribution in [3.8, 4) is 44.5 Å². The Kier molecular flexibility index (Phi) is 7.85. The number of rotatable bonds is 7. The third-order valence-corrected chi connectivity index (χ3v) is 10.5. The summed E-state index contributed by atoms with van der Waals surface area (Å²) < 4.78 is 6.67. The average molecular weight is 690 g/mol. The quantitative estimate of drug-likeness (QED) is 0.166. The van der Waals surface area contributed by atoms with Gasteiger partial charge in [-0.25, -0.2) is 0 Å². The highest BCUT2D eigenvalue weighted by Gasteiger charge is 2.21. The van der Waals surface area contributed by atoms with Gasteiger partial charge >= 0.3 is 0 Å². The highest BCUT2D eigenvalue weighted by molar-refractivity contribution is 6.10. The van der Waals surface area contributed by atoms with Crippen LogP contribution in [0.4, 0.5) is 17.1 Å². The van der Waals surface area contributed by atoms with Crippen LogP contribution in [-0.4, -0.2) is 0 Å². The Bertz CT molecular complexity index is 2900. The van der Waals surface area contributed by atoms with Gasteiger partial charge in [-0.2, -0.15) is 0 Å². The molecule has 9 aromatic carbocycles. The topological polar surface area (TPSA) is 16.4 Å². The van der Waals surface area contributed by atoms with Crippen LogP contribution in [0.25, 0.3) is 77.2 Å². The largest absolute Gasteiger partial charge is 0.454 e. The average Bonchev–Trinajstić information content (AvgIpc) is 3.64. The minimum absolute atomic E-state index is 0.859. The minimum Gasteiger partial charge on any atom is -0.454 e. The molecule has 0 atom stereocenters. The van der Waals surface area contributed by atoms with Crippen LogP contribution in [0.2, 0.25) is 0 Å². The van der Waals surface area contributed by atoms with Crippen LogP contribution in [0.1, 0.15) is 0 Å². The van der Waals surface area contributed by atoms with E-state index in [0.717, 1.165) is 50.1 Å². The zero-order valence-corrected chi connectivity index (χ0v) is 29.6. The van der Waals surface area contributed by atoms with Gasteiger partial charge in [0.25, 0.3) is 0 Å². The molecule has 0 N–H and O–H groups in total. The van der Waals surface area contributed by atoms with Gasteiger partial charge in [-0.15, -0.1) is 0 Å². The van der Waals surface area contributed by atoms with E-state index >= 15 is 0 Å². The molecule has 0 saturated heterocycles. The van der Waals surface area contributed by atoms with Crippen molar-refractivity contribution in [3.63, 3.8) is 0 Å². The Morgan fingerprint density at radius 1 is 0.315 bits per heavy atom. The molecule has 0 unspecified atom stereocenters. The molecule has 0 amide bonds. The lowest BCUT2D eigenvalue weighted by atomic mass is 9.92. The van der Waals surface area contributed by atoms with E-state index in [2.05, 4.69) is 205 Å². The molecule has 1 aromatic heterocycles. The number of fused-ring (bicyclic) bond motifs is 4. The summed E-state index contributed by atoms with van der Waals surface area (Å²) in [6, 6.07) is 75.8. The molecule has 0 fully saturated rings. The van der Waals surface area contributed by atoms with E-state index in [4.69, 9.17) is 4.42 Å². The molecule has 0 radical (unpaired) electrons. The maximum atomic E-state index is 6.67. The first kappa shape index (κ1) is 31.6. The van der Waals surface area contributed by atoms with Crippen LogP contribution < -0.4 is 4.90 Å². The minimum atomic E-state index is 0.859. The standard InChI is InChI=1S/C52H35NO/c1-3-13-36(14-4-1)37-25-27-41(28-26-37)49-35-43(33-34-46(49)38-15-5-2-6-16-38)53(50-23-12-22-48-47-20-9-10-24-51(47)54-52(48)50)42-31-29-40(30-32-42)45-21-11-18-39-17-7-8-19-44(39)45/h1-35H. The fraction of sp³-hybridized carbons (Fsp3) is 0. The molecule has 10 rings (SSSR count). The van der Waals surface area contributed by atoms with Crippen LogP contribution in [-0.2, 0) is 0 Å². The normalized spacial score (nSPS) is 11.3. The van der Waals surface area contributed by atoms with Crippen molar-refractivity contribution in [3.05, 3.63) is 212 Å². The number of benzene rings is 9. The monoisotopic (exact) mass is 689 g/mol. The number of para-hydroxylation sites is 2. The van der Waals surface area contributed by atoms with Gasteiger partial charge in [-0.1, -0.05) is 176 Å². The fourth-order valence-corrected chi connectivity index (χ4v) is 7.86. The molecule has 2 heteroatoms. The lowest BCUT2D eigenvalue weighted by Crippen LogP contribution is -2.10. The van der Waals surface area contributed by atoms with E-state index in [1.165, 1.54) is 44.2 Å². The van der Waals surface area contributed by atoms with E-state index in [0.29, 0.717) is 0 Å². The van der Waals surface area contributed by atoms with Crippen LogP contribution in [0.5, 0.6) is 0 Å². The summed E-state index contributed by atoms with van der Waals surface area (Å²) in [5, 5.41) is 4.69. The van der Waals surface area contributed by atoms with Crippen molar-refractivity contribution in [2.45, 2.75) is 0 Å². The van der Waals surface area contributed by atoms with Gasteiger partial charge < -0.3 is 9.32 Å². The first-order valence-corrected chi connectivity index (χ1v) is 18.4. The predicted octanol–water partition coefficient (Wildman–Crippen LogP) is 14.9. The molecular weight excluding hydrogens is 655 g/mol. The van der Waals surface area contributed by atoms with Crippen molar-refractivity contribution in [1.82, 2.24) is 0 Å². The number of hydrogen-bond donors (Lipinski definition) is 0. The second kappa shape index (κ2) is 13.4. The summed E-state index contributed by atoms with van der Waals surface area (Å²) in [6.07, 6.45) is 0. The predicted molar refractivity (Wildman–Crippen MR) is 228 cm³/mol. The highest BCUT2D eigenvalue weighted by Crippen LogP contribution is 2.45. The highest BCUT2D eigenvalue weighted by atomic mass is 16.3. The Morgan fingerprint density at radius 3 is 1.65 bits per heavy atom. The van der Waals surface area contributed by atoms with E-state index < -0.39 is 0 Å². The van der Waals surface area contributed by atoms with Gasteiger partial charge in [0.2, 0.25) is 0 Å². The second-order valence-corrected chi connectivity index (χ2v) is 13.7. The maximum Gasteiger partial charge on any atom is 0.159 e. The smallest absolute Gasteiger partial charge is 0.159 e. The first-order chi connectivity index (χ1) is 26.8. The number of anilines is 3. The Labute approximate surface area is 314 Å². The number of hydrogen-bond acceptors (Lipinski definition) is 2. The summed E-state index contributed by atoms with van der Waals surface area (Å²) in [6.45, 7) is 0. The summed E-state index contributed by atoms with van der Waals surface area (Å²) >= 11 is 0. The van der Waals surface area contributed by atoms with Gasteiger partial charge in [0, 0.05) is 22.1 Å². The SMILES string of the molecule is c1ccc(-c2ccc(-c3cc(N(c4ccc(-c5cccc6ccccc56)cc4)c4cccc5c4oc4ccccc45)ccc3-c3ccccc3)cc2)cc1. The lowest BCUT2D eigenvalue weighted by Gasteiger charge is -2.27. The van der Waals surface area contributed by atoms with Crippen LogP contribution in [0.15, 0.2) is 217 Å². The van der Waals surface area contributed by atoms with Gasteiger partial charge in [-0.05, 0) is 91.7 Å². The molecule has 0 aliphatic carbocycles. The zero-order chi connectivity index (χ0) is 35.8. The van der Waals surface area contributed by atoms with Crippen LogP contribution in [0, 0.1) is 0 Å². The summed E-state index contributed by atoms with van der Waals surface area (Å²) in [7, 11) is 0. The van der Waals surface area contributed by atoms with Crippen molar-refractivity contribution >= 4 is 49.8 Å². The lowest BCUT2D eigenvalue weighted by molar-refractivity contribution is 0.669. The first-order valence-electron chi connectivity index (χ1n) is 18.4. The molecule has 0 saturated carbocycles. The summed E-state index contributed by atoms with van der Waals surface area (Å²) in [5.74, 6) is 0. The molecule has 0 bridgehead atoms. The maximum absolute atomic E-state index is 6.67. The molecule has 54 heavy (non-hydrogen) atoms. The van der Waals surface area contributed by atoms with Crippen molar-refractivity contribution in [2.24, 2.45) is 0 Å². The number of nitrogens with zero attached hydrogens (tertiary/aromatic N) is 1. The van der Waals surface area contributed by atoms with E-state index in [1.54, 1.807) is 0 Å². The van der Waals surface area contributed by atoms with Crippen LogP contribution in [0.3, 0.4) is 0 Å². The van der Waals surface area contributed by atoms with Crippen molar-refractivity contribution in [1.29, 1.82) is 0 Å². The second-order valence-electron chi connectivity index (χ2n) is 13.7. The third kappa shape index (κ3) is 5.62.